The molecule has 0 aliphatic heterocycles. The molecule has 2 N–H and O–H groups in total. The third-order valence-corrected chi connectivity index (χ3v) is 4.89. The van der Waals surface area contributed by atoms with E-state index in [9.17, 15) is 0 Å². The van der Waals surface area contributed by atoms with Crippen LogP contribution in [0.3, 0.4) is 0 Å². The molecular weight excluding hydrogens is 394 g/mol. The zero-order valence-electron chi connectivity index (χ0n) is 20.3. The number of fused-ring (bicyclic) bond motifs is 1. The Morgan fingerprint density at radius 2 is 1.44 bits per heavy atom. The quantitative estimate of drug-likeness (QED) is 0.372. The summed E-state index contributed by atoms with van der Waals surface area (Å²) < 4.78 is 5.45. The van der Waals surface area contributed by atoms with Gasteiger partial charge in [-0.3, -0.25) is 0 Å². The van der Waals surface area contributed by atoms with Gasteiger partial charge in [0.15, 0.2) is 0 Å². The Labute approximate surface area is 192 Å². The average molecular weight is 430 g/mol. The van der Waals surface area contributed by atoms with E-state index in [0.29, 0.717) is 5.88 Å². The molecule has 168 valence electrons. The molecule has 0 aliphatic carbocycles. The fourth-order valence-electron chi connectivity index (χ4n) is 3.35. The van der Waals surface area contributed by atoms with Gasteiger partial charge >= 0.3 is 0 Å². The first-order valence-corrected chi connectivity index (χ1v) is 11.3. The zero-order valence-corrected chi connectivity index (χ0v) is 20.3. The van der Waals surface area contributed by atoms with Crippen molar-refractivity contribution in [1.82, 2.24) is 9.97 Å². The molecule has 2 heterocycles. The van der Waals surface area contributed by atoms with Crippen molar-refractivity contribution in [3.05, 3.63) is 78.5 Å². The molecule has 4 heteroatoms. The van der Waals surface area contributed by atoms with Gasteiger partial charge in [-0.2, -0.15) is 0 Å². The van der Waals surface area contributed by atoms with Gasteiger partial charge in [-0.05, 0) is 37.1 Å². The number of hydrogen-bond donors (Lipinski definition) is 1. The molecule has 0 atom stereocenters. The lowest BCUT2D eigenvalue weighted by atomic mass is 9.92. The van der Waals surface area contributed by atoms with E-state index in [1.54, 1.807) is 13.3 Å². The Morgan fingerprint density at radius 1 is 0.812 bits per heavy atom. The average Bonchev–Trinajstić information content (AvgIpc) is 2.85. The topological polar surface area (TPSA) is 61.0 Å². The van der Waals surface area contributed by atoms with E-state index in [-0.39, 0.29) is 5.54 Å². The highest BCUT2D eigenvalue weighted by molar-refractivity contribution is 5.93. The summed E-state index contributed by atoms with van der Waals surface area (Å²) in [5.74, 6) is 0.578. The minimum atomic E-state index is -0.378. The van der Waals surface area contributed by atoms with Crippen molar-refractivity contribution in [3.8, 4) is 28.3 Å². The summed E-state index contributed by atoms with van der Waals surface area (Å²) in [6, 6.07) is 22.6. The Balaban J connectivity index is 0.000000860. The lowest BCUT2D eigenvalue weighted by Gasteiger charge is -2.19. The summed E-state index contributed by atoms with van der Waals surface area (Å²) >= 11 is 0. The second kappa shape index (κ2) is 11.4. The van der Waals surface area contributed by atoms with E-state index in [4.69, 9.17) is 15.5 Å². The first kappa shape index (κ1) is 25.0. The minimum Gasteiger partial charge on any atom is -0.481 e. The molecule has 0 aliphatic rings. The van der Waals surface area contributed by atoms with E-state index in [2.05, 4.69) is 47.4 Å². The Morgan fingerprint density at radius 3 is 2.00 bits per heavy atom. The van der Waals surface area contributed by atoms with Gasteiger partial charge in [0.2, 0.25) is 5.88 Å². The van der Waals surface area contributed by atoms with Crippen LogP contribution in [-0.4, -0.2) is 17.1 Å². The van der Waals surface area contributed by atoms with Crippen LogP contribution in [0.4, 0.5) is 0 Å². The van der Waals surface area contributed by atoms with Gasteiger partial charge in [0.05, 0.1) is 23.7 Å². The third-order valence-electron chi connectivity index (χ3n) is 4.89. The molecule has 0 spiro atoms. The van der Waals surface area contributed by atoms with Crippen LogP contribution in [0.25, 0.3) is 33.3 Å². The predicted molar refractivity (Wildman–Crippen MR) is 137 cm³/mol. The number of hydrogen-bond acceptors (Lipinski definition) is 4. The van der Waals surface area contributed by atoms with Crippen LogP contribution in [0.15, 0.2) is 72.9 Å². The molecule has 32 heavy (non-hydrogen) atoms. The van der Waals surface area contributed by atoms with Gasteiger partial charge in [-0.15, -0.1) is 0 Å². The molecule has 0 amide bonds. The van der Waals surface area contributed by atoms with Gasteiger partial charge in [-0.25, -0.2) is 9.97 Å². The molecular formula is C28H35N3O. The maximum absolute atomic E-state index is 6.24. The van der Waals surface area contributed by atoms with Crippen LogP contribution < -0.4 is 10.5 Å². The highest BCUT2D eigenvalue weighted by Gasteiger charge is 2.17. The predicted octanol–water partition coefficient (Wildman–Crippen LogP) is 7.22. The Hall–Kier alpha value is -3.24. The molecule has 4 aromatic rings. The summed E-state index contributed by atoms with van der Waals surface area (Å²) in [7, 11) is 1.63. The van der Waals surface area contributed by atoms with Crippen LogP contribution >= 0.6 is 0 Å². The van der Waals surface area contributed by atoms with Crippen LogP contribution in [0.2, 0.25) is 0 Å². The fraction of sp³-hybridized carbons (Fsp3) is 0.286. The van der Waals surface area contributed by atoms with Gasteiger partial charge in [0.25, 0.3) is 0 Å². The number of benzene rings is 2. The number of methoxy groups -OCH3 is 1. The smallest absolute Gasteiger partial charge is 0.222 e. The molecule has 0 fully saturated rings. The highest BCUT2D eigenvalue weighted by atomic mass is 16.5. The molecule has 0 bridgehead atoms. The molecule has 4 nitrogen and oxygen atoms in total. The number of nitrogens with zero attached hydrogens (tertiary/aromatic N) is 2. The summed E-state index contributed by atoms with van der Waals surface area (Å²) in [5, 5.41) is 0.896. The van der Waals surface area contributed by atoms with Crippen molar-refractivity contribution in [3.63, 3.8) is 0 Å². The molecule has 0 unspecified atom stereocenters. The van der Waals surface area contributed by atoms with Gasteiger partial charge in [0.1, 0.15) is 0 Å². The summed E-state index contributed by atoms with van der Waals surface area (Å²) in [5.41, 5.74) is 11.9. The van der Waals surface area contributed by atoms with Gasteiger partial charge in [-0.1, -0.05) is 82.3 Å². The van der Waals surface area contributed by atoms with Crippen LogP contribution in [0, 0.1) is 0 Å². The Kier molecular flexibility index (Phi) is 8.91. The molecule has 2 aromatic heterocycles. The number of pyridine rings is 2. The first-order valence-electron chi connectivity index (χ1n) is 11.3. The number of ether oxygens (including phenoxy) is 1. The number of rotatable bonds is 4. The zero-order chi connectivity index (χ0) is 23.7. The summed E-state index contributed by atoms with van der Waals surface area (Å²) in [6.45, 7) is 12.0. The van der Waals surface area contributed by atoms with Crippen LogP contribution in [0.1, 0.15) is 47.1 Å². The van der Waals surface area contributed by atoms with Crippen molar-refractivity contribution in [2.24, 2.45) is 5.73 Å². The van der Waals surface area contributed by atoms with Crippen molar-refractivity contribution < 1.29 is 4.74 Å². The largest absolute Gasteiger partial charge is 0.481 e. The normalized spacial score (nSPS) is 10.5. The van der Waals surface area contributed by atoms with Crippen molar-refractivity contribution >= 4 is 10.9 Å². The maximum Gasteiger partial charge on any atom is 0.222 e. The van der Waals surface area contributed by atoms with Gasteiger partial charge < -0.3 is 10.5 Å². The summed E-state index contributed by atoms with van der Waals surface area (Å²) in [4.78, 5) is 9.30. The van der Waals surface area contributed by atoms with E-state index in [1.165, 1.54) is 0 Å². The second-order valence-electron chi connectivity index (χ2n) is 7.44. The molecule has 4 rings (SSSR count). The van der Waals surface area contributed by atoms with Crippen molar-refractivity contribution in [2.75, 3.05) is 7.11 Å². The standard InChI is InChI=1S/C24H23N3O.2C2H6/c1-24(2,25)18-11-9-17(10-12-18)22-19(16-7-5-4-6-8-16)15-20-21(27-22)13-14-26-23(20)28-3;2*1-2/h4-15H,25H2,1-3H3;2*1-2H3. The van der Waals surface area contributed by atoms with E-state index in [0.717, 1.165) is 38.9 Å². The SMILES string of the molecule is CC.CC.COc1nccc2nc(-c3ccc(C(C)(C)N)cc3)c(-c3ccccc3)cc12. The monoisotopic (exact) mass is 429 g/mol. The van der Waals surface area contributed by atoms with E-state index >= 15 is 0 Å². The van der Waals surface area contributed by atoms with E-state index in [1.807, 2.05) is 65.8 Å². The van der Waals surface area contributed by atoms with Gasteiger partial charge in [0, 0.05) is 22.9 Å². The van der Waals surface area contributed by atoms with Crippen molar-refractivity contribution in [2.45, 2.75) is 47.1 Å². The fourth-order valence-corrected chi connectivity index (χ4v) is 3.35. The lowest BCUT2D eigenvalue weighted by molar-refractivity contribution is 0.403. The number of nitrogens with two attached hydrogens (primary N) is 1. The highest BCUT2D eigenvalue weighted by Crippen LogP contribution is 2.36. The Bertz CT molecular complexity index is 1120. The minimum absolute atomic E-state index is 0.378. The summed E-state index contributed by atoms with van der Waals surface area (Å²) in [6.07, 6.45) is 1.72. The molecule has 0 radical (unpaired) electrons. The molecule has 0 saturated carbocycles. The third kappa shape index (κ3) is 5.51. The number of aromatic nitrogens is 2. The maximum atomic E-state index is 6.24. The van der Waals surface area contributed by atoms with Crippen molar-refractivity contribution in [1.29, 1.82) is 0 Å². The molecule has 0 saturated heterocycles. The molecule has 2 aromatic carbocycles. The van der Waals surface area contributed by atoms with Crippen LogP contribution in [-0.2, 0) is 5.54 Å². The second-order valence-corrected chi connectivity index (χ2v) is 7.44. The van der Waals surface area contributed by atoms with E-state index < -0.39 is 0 Å². The van der Waals surface area contributed by atoms with Crippen LogP contribution in [0.5, 0.6) is 5.88 Å². The lowest BCUT2D eigenvalue weighted by Crippen LogP contribution is -2.28. The first-order chi connectivity index (χ1) is 15.5.